The lowest BCUT2D eigenvalue weighted by Crippen LogP contribution is -2.13. The highest BCUT2D eigenvalue weighted by Gasteiger charge is 2.18. The number of rotatable bonds is 0. The molecule has 0 amide bonds. The highest BCUT2D eigenvalue weighted by Crippen LogP contribution is 2.22. The zero-order valence-electron chi connectivity index (χ0n) is 4.46. The first-order valence-electron chi connectivity index (χ1n) is 2.49. The van der Waals surface area contributed by atoms with Crippen molar-refractivity contribution in [3.05, 3.63) is 12.2 Å². The number of hydrogen-bond donors (Lipinski definition) is 0. The summed E-state index contributed by atoms with van der Waals surface area (Å²) in [5, 5.41) is 0. The van der Waals surface area contributed by atoms with E-state index < -0.39 is 0 Å². The summed E-state index contributed by atoms with van der Waals surface area (Å²) in [6.07, 6.45) is 14.1. The van der Waals surface area contributed by atoms with Crippen LogP contribution in [0.15, 0.2) is 12.2 Å². The molecule has 8 heavy (non-hydrogen) atoms. The second-order valence-electron chi connectivity index (χ2n) is 1.77. The Morgan fingerprint density at radius 3 is 1.50 bits per heavy atom. The van der Waals surface area contributed by atoms with E-state index in [0.29, 0.717) is 0 Å². The third kappa shape index (κ3) is 0.515. The molecule has 1 rings (SSSR count). The lowest BCUT2D eigenvalue weighted by atomic mass is 9.84. The first-order valence-corrected chi connectivity index (χ1v) is 2.49. The largest absolute Gasteiger partial charge is 0.119 e. The van der Waals surface area contributed by atoms with Gasteiger partial charge in [-0.2, -0.15) is 0 Å². The Bertz CT molecular complexity index is 163. The minimum absolute atomic E-state index is 0.208. The summed E-state index contributed by atoms with van der Waals surface area (Å²) in [5.41, 5.74) is 0. The van der Waals surface area contributed by atoms with Gasteiger partial charge in [0.25, 0.3) is 0 Å². The van der Waals surface area contributed by atoms with Gasteiger partial charge in [-0.3, -0.25) is 0 Å². The summed E-state index contributed by atoms with van der Waals surface area (Å²) in [7, 11) is 0. The van der Waals surface area contributed by atoms with E-state index in [1.54, 1.807) is 0 Å². The van der Waals surface area contributed by atoms with Crippen molar-refractivity contribution in [3.63, 3.8) is 0 Å². The first-order chi connectivity index (χ1) is 3.88. The summed E-state index contributed by atoms with van der Waals surface area (Å²) in [5.74, 6) is 5.56. The van der Waals surface area contributed by atoms with E-state index in [1.165, 1.54) is 0 Å². The van der Waals surface area contributed by atoms with Gasteiger partial charge in [-0.1, -0.05) is 24.0 Å². The van der Waals surface area contributed by atoms with Crippen molar-refractivity contribution in [1.29, 1.82) is 0 Å². The maximum absolute atomic E-state index is 5.10. The molecule has 0 aromatic heterocycles. The van der Waals surface area contributed by atoms with E-state index in [9.17, 15) is 0 Å². The molecule has 0 heterocycles. The Kier molecular flexibility index (Phi) is 1.10. The van der Waals surface area contributed by atoms with Crippen LogP contribution in [0.3, 0.4) is 0 Å². The van der Waals surface area contributed by atoms with Crippen molar-refractivity contribution in [1.82, 2.24) is 0 Å². The van der Waals surface area contributed by atoms with E-state index in [4.69, 9.17) is 12.8 Å². The molecule has 38 valence electrons. The van der Waals surface area contributed by atoms with Gasteiger partial charge in [-0.25, -0.2) is 0 Å². The van der Waals surface area contributed by atoms with Gasteiger partial charge < -0.3 is 0 Å². The van der Waals surface area contributed by atoms with Crippen LogP contribution in [0.4, 0.5) is 0 Å². The molecular weight excluding hydrogens is 96.1 g/mol. The van der Waals surface area contributed by atoms with Gasteiger partial charge in [-0.05, 0) is 0 Å². The third-order valence-electron chi connectivity index (χ3n) is 1.30. The summed E-state index contributed by atoms with van der Waals surface area (Å²) in [4.78, 5) is 0. The van der Waals surface area contributed by atoms with Crippen LogP contribution < -0.4 is 0 Å². The van der Waals surface area contributed by atoms with Gasteiger partial charge >= 0.3 is 0 Å². The molecule has 0 aromatic carbocycles. The van der Waals surface area contributed by atoms with Gasteiger partial charge in [-0.15, -0.1) is 12.8 Å². The molecule has 0 aliphatic heterocycles. The Morgan fingerprint density at radius 1 is 1.00 bits per heavy atom. The highest BCUT2D eigenvalue weighted by molar-refractivity contribution is 5.27. The Labute approximate surface area is 49.6 Å². The van der Waals surface area contributed by atoms with Crippen molar-refractivity contribution in [2.24, 2.45) is 11.8 Å². The third-order valence-corrected chi connectivity index (χ3v) is 1.30. The maximum atomic E-state index is 5.10. The minimum Gasteiger partial charge on any atom is -0.119 e. The molecule has 0 aromatic rings. The van der Waals surface area contributed by atoms with Crippen LogP contribution in [0, 0.1) is 36.5 Å². The van der Waals surface area contributed by atoms with Crippen LogP contribution in [0.25, 0.3) is 0 Å². The zero-order chi connectivity index (χ0) is 5.98. The molecule has 0 bridgehead atoms. The summed E-state index contributed by atoms with van der Waals surface area (Å²) in [6, 6.07) is 0. The van der Waals surface area contributed by atoms with Gasteiger partial charge in [0.1, 0.15) is 0 Å². The van der Waals surface area contributed by atoms with Crippen LogP contribution in [0.2, 0.25) is 0 Å². The molecular formula is C8H6. The van der Waals surface area contributed by atoms with E-state index in [-0.39, 0.29) is 11.8 Å². The molecule has 0 saturated heterocycles. The lowest BCUT2D eigenvalue weighted by Gasteiger charge is -2.18. The quantitative estimate of drug-likeness (QED) is 0.317. The van der Waals surface area contributed by atoms with Crippen molar-refractivity contribution in [2.45, 2.75) is 0 Å². The molecule has 0 N–H and O–H groups in total. The molecule has 1 aliphatic carbocycles. The molecule has 0 fully saturated rings. The van der Waals surface area contributed by atoms with Gasteiger partial charge in [0.2, 0.25) is 0 Å². The average Bonchev–Trinajstić information content (AvgIpc) is 1.66. The smallest absolute Gasteiger partial charge is 0.0553 e. The Morgan fingerprint density at radius 2 is 1.38 bits per heavy atom. The molecule has 2 atom stereocenters. The SMILES string of the molecule is C#C[C@@H]1C=C[C@@H]1C#C. The zero-order valence-corrected chi connectivity index (χ0v) is 4.46. The molecule has 0 unspecified atom stereocenters. The number of terminal acetylenes is 2. The fourth-order valence-corrected chi connectivity index (χ4v) is 0.652. The number of hydrogen-bond acceptors (Lipinski definition) is 0. The fraction of sp³-hybridized carbons (Fsp3) is 0.250. The molecule has 0 spiro atoms. The van der Waals surface area contributed by atoms with Crippen LogP contribution in [0.1, 0.15) is 0 Å². The standard InChI is InChI=1S/C8H6/c1-3-7-5-6-8(7)4-2/h1-2,5-8H/t7-,8+. The van der Waals surface area contributed by atoms with Gasteiger partial charge in [0.05, 0.1) is 11.8 Å². The summed E-state index contributed by atoms with van der Waals surface area (Å²) in [6.45, 7) is 0. The van der Waals surface area contributed by atoms with Gasteiger partial charge in [0, 0.05) is 0 Å². The monoisotopic (exact) mass is 102 g/mol. The topological polar surface area (TPSA) is 0 Å². The second-order valence-corrected chi connectivity index (χ2v) is 1.77. The van der Waals surface area contributed by atoms with Crippen molar-refractivity contribution in [2.75, 3.05) is 0 Å². The minimum atomic E-state index is 0.208. The summed E-state index contributed by atoms with van der Waals surface area (Å²) >= 11 is 0. The predicted octanol–water partition coefficient (Wildman–Crippen LogP) is 1.05. The maximum Gasteiger partial charge on any atom is 0.0553 e. The van der Waals surface area contributed by atoms with Gasteiger partial charge in [0.15, 0.2) is 0 Å². The fourth-order valence-electron chi connectivity index (χ4n) is 0.652. The Balaban J connectivity index is 2.61. The molecule has 0 nitrogen and oxygen atoms in total. The normalized spacial score (nSPS) is 32.2. The van der Waals surface area contributed by atoms with Crippen molar-refractivity contribution >= 4 is 0 Å². The highest BCUT2D eigenvalue weighted by atomic mass is 14.2. The molecule has 0 radical (unpaired) electrons. The van der Waals surface area contributed by atoms with E-state index in [2.05, 4.69) is 11.8 Å². The molecule has 1 aliphatic rings. The van der Waals surface area contributed by atoms with Crippen LogP contribution in [-0.2, 0) is 0 Å². The van der Waals surface area contributed by atoms with Crippen molar-refractivity contribution < 1.29 is 0 Å². The second kappa shape index (κ2) is 1.76. The predicted molar refractivity (Wildman–Crippen MR) is 33.8 cm³/mol. The lowest BCUT2D eigenvalue weighted by molar-refractivity contribution is 0.651. The van der Waals surface area contributed by atoms with E-state index in [1.807, 2.05) is 12.2 Å². The average molecular weight is 102 g/mol. The molecule has 0 saturated carbocycles. The van der Waals surface area contributed by atoms with Crippen LogP contribution >= 0.6 is 0 Å². The van der Waals surface area contributed by atoms with Crippen molar-refractivity contribution in [3.8, 4) is 24.7 Å². The first kappa shape index (κ1) is 5.01. The van der Waals surface area contributed by atoms with Crippen LogP contribution in [-0.4, -0.2) is 0 Å². The number of allylic oxidation sites excluding steroid dienone is 2. The van der Waals surface area contributed by atoms with E-state index in [0.717, 1.165) is 0 Å². The summed E-state index contributed by atoms with van der Waals surface area (Å²) < 4.78 is 0. The molecule has 0 heteroatoms. The van der Waals surface area contributed by atoms with E-state index >= 15 is 0 Å². The van der Waals surface area contributed by atoms with Crippen LogP contribution in [0.5, 0.6) is 0 Å². The Hall–Kier alpha value is -1.14.